The molecule has 3 heterocycles. The monoisotopic (exact) mass is 491 g/mol. The summed E-state index contributed by atoms with van der Waals surface area (Å²) in [6.45, 7) is 4.03. The lowest BCUT2D eigenvalue weighted by Crippen LogP contribution is -2.54. The Morgan fingerprint density at radius 3 is 2.53 bits per heavy atom. The lowest BCUT2D eigenvalue weighted by Gasteiger charge is -2.43. The molecule has 3 fully saturated rings. The number of ether oxygens (including phenoxy) is 2. The molecule has 3 saturated heterocycles. The van der Waals surface area contributed by atoms with E-state index in [1.165, 1.54) is 11.1 Å². The van der Waals surface area contributed by atoms with Crippen LogP contribution in [0.2, 0.25) is 0 Å². The second kappa shape index (κ2) is 11.4. The van der Waals surface area contributed by atoms with Gasteiger partial charge in [0.1, 0.15) is 19.0 Å². The second-order valence-electron chi connectivity index (χ2n) is 10.3. The number of Topliss-reactive ketones (excluding diaryl/α,β-unsaturated/α-hetero) is 1. The van der Waals surface area contributed by atoms with Crippen molar-refractivity contribution in [3.63, 3.8) is 0 Å². The quantitative estimate of drug-likeness (QED) is 0.667. The van der Waals surface area contributed by atoms with Crippen molar-refractivity contribution in [2.75, 3.05) is 45.9 Å². The van der Waals surface area contributed by atoms with Crippen LogP contribution in [0.1, 0.15) is 42.7 Å². The summed E-state index contributed by atoms with van der Waals surface area (Å²) >= 11 is 0. The number of hydrogen-bond donors (Lipinski definition) is 1. The molecule has 3 aliphatic heterocycles. The predicted molar refractivity (Wildman–Crippen MR) is 138 cm³/mol. The Labute approximate surface area is 213 Å². The van der Waals surface area contributed by atoms with Crippen molar-refractivity contribution >= 4 is 11.8 Å². The first kappa shape index (κ1) is 24.8. The number of ketones is 1. The van der Waals surface area contributed by atoms with Crippen LogP contribution in [-0.4, -0.2) is 73.7 Å². The molecule has 5 rings (SSSR count). The van der Waals surface area contributed by atoms with Gasteiger partial charge in [-0.1, -0.05) is 42.5 Å². The van der Waals surface area contributed by atoms with Crippen molar-refractivity contribution in [3.8, 4) is 5.75 Å². The van der Waals surface area contributed by atoms with Gasteiger partial charge < -0.3 is 25.0 Å². The van der Waals surface area contributed by atoms with Gasteiger partial charge in [-0.05, 0) is 48.4 Å². The molecule has 0 saturated carbocycles. The molecular weight excluding hydrogens is 454 g/mol. The summed E-state index contributed by atoms with van der Waals surface area (Å²) in [7, 11) is 0. The summed E-state index contributed by atoms with van der Waals surface area (Å²) in [6, 6.07) is 19.1. The van der Waals surface area contributed by atoms with Gasteiger partial charge in [-0.15, -0.1) is 0 Å². The molecular formula is C29H37N3O4. The molecule has 2 aromatic rings. The van der Waals surface area contributed by atoms with E-state index in [-0.39, 0.29) is 36.4 Å². The van der Waals surface area contributed by atoms with E-state index in [4.69, 9.17) is 15.2 Å². The van der Waals surface area contributed by atoms with E-state index in [9.17, 15) is 9.59 Å². The SMILES string of the molecule is NCCOc1cccc(C(c2ccccc2)C2CCN(C(=O)N3CC[C@@H]4OCC(=O)C[C@@H]4C3)CC2)c1. The van der Waals surface area contributed by atoms with Gasteiger partial charge >= 0.3 is 6.03 Å². The van der Waals surface area contributed by atoms with Crippen molar-refractivity contribution in [2.45, 2.75) is 37.7 Å². The zero-order valence-electron chi connectivity index (χ0n) is 20.9. The number of nitrogens with two attached hydrogens (primary N) is 1. The summed E-state index contributed by atoms with van der Waals surface area (Å²) in [5.41, 5.74) is 8.16. The minimum Gasteiger partial charge on any atom is -0.492 e. The summed E-state index contributed by atoms with van der Waals surface area (Å²) < 4.78 is 11.5. The Hall–Kier alpha value is -2.90. The second-order valence-corrected chi connectivity index (χ2v) is 10.3. The fraction of sp³-hybridized carbons (Fsp3) is 0.517. The minimum atomic E-state index is 0.110. The van der Waals surface area contributed by atoms with E-state index in [0.717, 1.165) is 38.1 Å². The number of hydrogen-bond acceptors (Lipinski definition) is 5. The maximum atomic E-state index is 13.4. The van der Waals surface area contributed by atoms with Crippen molar-refractivity contribution in [2.24, 2.45) is 17.6 Å². The van der Waals surface area contributed by atoms with Crippen LogP contribution >= 0.6 is 0 Å². The van der Waals surface area contributed by atoms with Gasteiger partial charge in [0, 0.05) is 51.0 Å². The molecule has 0 bridgehead atoms. The van der Waals surface area contributed by atoms with E-state index in [2.05, 4.69) is 48.5 Å². The first-order valence-corrected chi connectivity index (χ1v) is 13.3. The van der Waals surface area contributed by atoms with Gasteiger partial charge in [-0.3, -0.25) is 4.79 Å². The number of likely N-dealkylation sites (tertiary alicyclic amines) is 2. The Balaban J connectivity index is 1.26. The van der Waals surface area contributed by atoms with Crippen molar-refractivity contribution in [1.29, 1.82) is 0 Å². The largest absolute Gasteiger partial charge is 0.492 e. The molecule has 192 valence electrons. The molecule has 36 heavy (non-hydrogen) atoms. The molecule has 3 aliphatic rings. The topological polar surface area (TPSA) is 85.1 Å². The molecule has 7 nitrogen and oxygen atoms in total. The van der Waals surface area contributed by atoms with Crippen LogP contribution in [0.4, 0.5) is 4.79 Å². The van der Waals surface area contributed by atoms with Gasteiger partial charge in [-0.25, -0.2) is 4.79 Å². The standard InChI is InChI=1S/C29H37N3O4/c30-12-16-35-26-8-4-7-23(18-26)28(21-5-2-1-3-6-21)22-9-13-31(14-10-22)29(34)32-15-11-27-24(19-32)17-25(33)20-36-27/h1-8,18,22,24,27-28H,9-17,19-20,30H2/t24-,27+,28?/m1/s1. The fourth-order valence-electron chi connectivity index (χ4n) is 6.15. The maximum Gasteiger partial charge on any atom is 0.320 e. The average Bonchev–Trinajstić information content (AvgIpc) is 2.92. The van der Waals surface area contributed by atoms with E-state index in [1.807, 2.05) is 15.9 Å². The highest BCUT2D eigenvalue weighted by Crippen LogP contribution is 2.39. The van der Waals surface area contributed by atoms with E-state index in [1.54, 1.807) is 0 Å². The molecule has 3 atom stereocenters. The molecule has 0 radical (unpaired) electrons. The Kier molecular flexibility index (Phi) is 7.87. The summed E-state index contributed by atoms with van der Waals surface area (Å²) in [5, 5.41) is 0. The zero-order chi connectivity index (χ0) is 24.9. The highest BCUT2D eigenvalue weighted by atomic mass is 16.5. The molecule has 0 spiro atoms. The molecule has 2 amide bonds. The fourth-order valence-corrected chi connectivity index (χ4v) is 6.15. The van der Waals surface area contributed by atoms with E-state index >= 15 is 0 Å². The van der Waals surface area contributed by atoms with Crippen LogP contribution in [0.5, 0.6) is 5.75 Å². The van der Waals surface area contributed by atoms with Crippen molar-refractivity contribution < 1.29 is 19.1 Å². The number of piperidine rings is 2. The predicted octanol–water partition coefficient (Wildman–Crippen LogP) is 3.67. The highest BCUT2D eigenvalue weighted by Gasteiger charge is 2.39. The van der Waals surface area contributed by atoms with Gasteiger partial charge in [-0.2, -0.15) is 0 Å². The number of benzene rings is 2. The van der Waals surface area contributed by atoms with Gasteiger partial charge in [0.05, 0.1) is 6.10 Å². The smallest absolute Gasteiger partial charge is 0.320 e. The number of carbonyl (C=O) groups is 2. The molecule has 2 N–H and O–H groups in total. The number of fused-ring (bicyclic) bond motifs is 1. The maximum absolute atomic E-state index is 13.4. The Morgan fingerprint density at radius 1 is 1.00 bits per heavy atom. The minimum absolute atomic E-state index is 0.110. The molecule has 1 unspecified atom stereocenters. The number of nitrogens with zero attached hydrogens (tertiary/aromatic N) is 2. The summed E-state index contributed by atoms with van der Waals surface area (Å²) in [5.74, 6) is 1.80. The van der Waals surface area contributed by atoms with Gasteiger partial charge in [0.2, 0.25) is 0 Å². The normalized spacial score (nSPS) is 23.8. The summed E-state index contributed by atoms with van der Waals surface area (Å²) in [6.07, 6.45) is 3.36. The zero-order valence-corrected chi connectivity index (χ0v) is 20.9. The third-order valence-electron chi connectivity index (χ3n) is 7.93. The lowest BCUT2D eigenvalue weighted by molar-refractivity contribution is -0.140. The van der Waals surface area contributed by atoms with Crippen molar-refractivity contribution in [1.82, 2.24) is 9.80 Å². The third-order valence-corrected chi connectivity index (χ3v) is 7.93. The van der Waals surface area contributed by atoms with Gasteiger partial charge in [0.15, 0.2) is 5.78 Å². The lowest BCUT2D eigenvalue weighted by atomic mass is 9.76. The van der Waals surface area contributed by atoms with E-state index < -0.39 is 0 Å². The van der Waals surface area contributed by atoms with Crippen LogP contribution < -0.4 is 10.5 Å². The van der Waals surface area contributed by atoms with Crippen LogP contribution in [-0.2, 0) is 9.53 Å². The Bertz CT molecular complexity index is 1040. The summed E-state index contributed by atoms with van der Waals surface area (Å²) in [4.78, 5) is 29.2. The van der Waals surface area contributed by atoms with Gasteiger partial charge in [0.25, 0.3) is 0 Å². The van der Waals surface area contributed by atoms with Crippen LogP contribution in [0, 0.1) is 11.8 Å². The number of carbonyl (C=O) groups excluding carboxylic acids is 2. The Morgan fingerprint density at radius 2 is 1.75 bits per heavy atom. The molecule has 2 aromatic carbocycles. The first-order valence-electron chi connectivity index (χ1n) is 13.3. The molecule has 7 heteroatoms. The molecule has 0 aliphatic carbocycles. The number of amides is 2. The third kappa shape index (κ3) is 5.57. The number of urea groups is 1. The van der Waals surface area contributed by atoms with E-state index in [0.29, 0.717) is 38.6 Å². The first-order chi connectivity index (χ1) is 17.6. The van der Waals surface area contributed by atoms with Crippen LogP contribution in [0.25, 0.3) is 0 Å². The highest BCUT2D eigenvalue weighted by molar-refractivity contribution is 5.81. The number of rotatable bonds is 6. The van der Waals surface area contributed by atoms with Crippen LogP contribution in [0.3, 0.4) is 0 Å². The van der Waals surface area contributed by atoms with Crippen molar-refractivity contribution in [3.05, 3.63) is 65.7 Å². The van der Waals surface area contributed by atoms with Crippen LogP contribution in [0.15, 0.2) is 54.6 Å². The average molecular weight is 492 g/mol. The molecule has 0 aromatic heterocycles.